The van der Waals surface area contributed by atoms with E-state index in [4.69, 9.17) is 0 Å². The van der Waals surface area contributed by atoms with Crippen LogP contribution in [0.4, 0.5) is 5.69 Å². The van der Waals surface area contributed by atoms with Crippen LogP contribution in [0.1, 0.15) is 35.8 Å². The zero-order valence-corrected chi connectivity index (χ0v) is 14.0. The van der Waals surface area contributed by atoms with Gasteiger partial charge in [-0.1, -0.05) is 30.3 Å². The van der Waals surface area contributed by atoms with Crippen LogP contribution < -0.4 is 10.5 Å². The normalized spacial score (nSPS) is 16.0. The Kier molecular flexibility index (Phi) is 3.59. The maximum absolute atomic E-state index is 12.8. The minimum absolute atomic E-state index is 0.0590. The highest BCUT2D eigenvalue weighted by Gasteiger charge is 2.25. The van der Waals surface area contributed by atoms with Gasteiger partial charge in [-0.25, -0.2) is 4.98 Å². The number of anilines is 1. The summed E-state index contributed by atoms with van der Waals surface area (Å²) < 4.78 is 1.45. The van der Waals surface area contributed by atoms with Crippen molar-refractivity contribution in [1.29, 1.82) is 0 Å². The number of nitrogens with zero attached hydrogens (tertiary/aromatic N) is 4. The summed E-state index contributed by atoms with van der Waals surface area (Å²) in [4.78, 5) is 23.7. The van der Waals surface area contributed by atoms with Crippen molar-refractivity contribution in [3.05, 3.63) is 57.8 Å². The molecule has 124 valence electrons. The molecule has 0 unspecified atom stereocenters. The summed E-state index contributed by atoms with van der Waals surface area (Å²) in [5, 5.41) is 2.97. The maximum atomic E-state index is 12.8. The Balaban J connectivity index is 1.62. The van der Waals surface area contributed by atoms with E-state index in [2.05, 4.69) is 50.3 Å². The van der Waals surface area contributed by atoms with Gasteiger partial charge in [0.15, 0.2) is 0 Å². The van der Waals surface area contributed by atoms with Crippen LogP contribution in [-0.4, -0.2) is 32.7 Å². The smallest absolute Gasteiger partial charge is 0.297 e. The average molecular weight is 323 g/mol. The number of hydrogen-bond donors (Lipinski definition) is 1. The fourth-order valence-electron chi connectivity index (χ4n) is 3.64. The zero-order chi connectivity index (χ0) is 16.7. The third-order valence-corrected chi connectivity index (χ3v) is 4.84. The highest BCUT2D eigenvalue weighted by molar-refractivity contribution is 5.52. The SMILES string of the molecule is Cc1nc2nc(C)c(N3CCC(c4ccccc4)CC3)c(=O)n2[nH]1. The second kappa shape index (κ2) is 5.78. The molecule has 2 aromatic heterocycles. The molecule has 6 nitrogen and oxygen atoms in total. The number of aromatic amines is 1. The average Bonchev–Trinajstić information content (AvgIpc) is 2.97. The van der Waals surface area contributed by atoms with Crippen molar-refractivity contribution in [2.75, 3.05) is 18.0 Å². The van der Waals surface area contributed by atoms with E-state index in [9.17, 15) is 4.79 Å². The van der Waals surface area contributed by atoms with Gasteiger partial charge in [0, 0.05) is 13.1 Å². The fourth-order valence-corrected chi connectivity index (χ4v) is 3.64. The molecule has 0 radical (unpaired) electrons. The van der Waals surface area contributed by atoms with Gasteiger partial charge in [0.05, 0.1) is 5.69 Å². The van der Waals surface area contributed by atoms with Crippen molar-refractivity contribution in [1.82, 2.24) is 19.6 Å². The second-order valence-corrected chi connectivity index (χ2v) is 6.47. The van der Waals surface area contributed by atoms with Gasteiger partial charge < -0.3 is 4.90 Å². The van der Waals surface area contributed by atoms with Crippen LogP contribution in [0.25, 0.3) is 5.78 Å². The number of benzene rings is 1. The number of aryl methyl sites for hydroxylation is 2. The van der Waals surface area contributed by atoms with Gasteiger partial charge in [0.2, 0.25) is 0 Å². The maximum Gasteiger partial charge on any atom is 0.297 e. The summed E-state index contributed by atoms with van der Waals surface area (Å²) in [7, 11) is 0. The predicted molar refractivity (Wildman–Crippen MR) is 93.7 cm³/mol. The van der Waals surface area contributed by atoms with Gasteiger partial charge in [-0.05, 0) is 38.2 Å². The van der Waals surface area contributed by atoms with Crippen molar-refractivity contribution in [3.63, 3.8) is 0 Å². The van der Waals surface area contributed by atoms with E-state index in [0.29, 0.717) is 23.2 Å². The molecule has 6 heteroatoms. The first-order valence-electron chi connectivity index (χ1n) is 8.39. The van der Waals surface area contributed by atoms with Gasteiger partial charge in [-0.15, -0.1) is 0 Å². The molecule has 1 aliphatic heterocycles. The summed E-state index contributed by atoms with van der Waals surface area (Å²) in [6.45, 7) is 5.46. The Morgan fingerprint density at radius 2 is 1.79 bits per heavy atom. The number of rotatable bonds is 2. The number of hydrogen-bond acceptors (Lipinski definition) is 4. The first-order valence-corrected chi connectivity index (χ1v) is 8.39. The first-order chi connectivity index (χ1) is 11.6. The lowest BCUT2D eigenvalue weighted by atomic mass is 9.89. The lowest BCUT2D eigenvalue weighted by Gasteiger charge is -2.33. The molecule has 0 amide bonds. The van der Waals surface area contributed by atoms with Crippen LogP contribution in [0, 0.1) is 13.8 Å². The zero-order valence-electron chi connectivity index (χ0n) is 14.0. The summed E-state index contributed by atoms with van der Waals surface area (Å²) >= 11 is 0. The Hall–Kier alpha value is -2.63. The molecule has 1 fully saturated rings. The molecular formula is C18H21N5O. The molecule has 0 spiro atoms. The van der Waals surface area contributed by atoms with Gasteiger partial charge in [-0.3, -0.25) is 9.89 Å². The molecular weight excluding hydrogens is 302 g/mol. The number of aromatic nitrogens is 4. The third kappa shape index (κ3) is 2.48. The van der Waals surface area contributed by atoms with Gasteiger partial charge >= 0.3 is 0 Å². The standard InChI is InChI=1S/C18H21N5O/c1-12-16(17(24)23-18(19-12)20-13(2)21-23)22-10-8-15(9-11-22)14-6-4-3-5-7-14/h3-7,15H,8-11H2,1-2H3,(H,19,20,21). The van der Waals surface area contributed by atoms with E-state index >= 15 is 0 Å². The summed E-state index contributed by atoms with van der Waals surface area (Å²) in [5.41, 5.74) is 2.78. The van der Waals surface area contributed by atoms with E-state index in [0.717, 1.165) is 31.6 Å². The van der Waals surface area contributed by atoms with Crippen molar-refractivity contribution >= 4 is 11.5 Å². The van der Waals surface area contributed by atoms with Crippen molar-refractivity contribution < 1.29 is 0 Å². The fraction of sp³-hybridized carbons (Fsp3) is 0.389. The molecule has 1 saturated heterocycles. The monoisotopic (exact) mass is 323 g/mol. The highest BCUT2D eigenvalue weighted by atomic mass is 16.1. The van der Waals surface area contributed by atoms with Crippen molar-refractivity contribution in [2.45, 2.75) is 32.6 Å². The van der Waals surface area contributed by atoms with Crippen LogP contribution in [0.2, 0.25) is 0 Å². The van der Waals surface area contributed by atoms with Crippen LogP contribution >= 0.6 is 0 Å². The minimum Gasteiger partial charge on any atom is -0.365 e. The number of piperidine rings is 1. The van der Waals surface area contributed by atoms with E-state index in [1.165, 1.54) is 10.1 Å². The Labute approximate surface area is 140 Å². The number of H-pyrrole nitrogens is 1. The molecule has 4 rings (SSSR count). The first kappa shape index (κ1) is 14.9. The quantitative estimate of drug-likeness (QED) is 0.786. The van der Waals surface area contributed by atoms with Crippen LogP contribution in [0.3, 0.4) is 0 Å². The lowest BCUT2D eigenvalue weighted by Crippen LogP contribution is -2.38. The van der Waals surface area contributed by atoms with Crippen LogP contribution in [-0.2, 0) is 0 Å². The Bertz CT molecular complexity index is 920. The highest BCUT2D eigenvalue weighted by Crippen LogP contribution is 2.30. The van der Waals surface area contributed by atoms with E-state index in [1.807, 2.05) is 13.8 Å². The lowest BCUT2D eigenvalue weighted by molar-refractivity contribution is 0.503. The molecule has 1 aliphatic rings. The molecule has 0 aliphatic carbocycles. The molecule has 1 N–H and O–H groups in total. The van der Waals surface area contributed by atoms with Crippen LogP contribution in [0.15, 0.2) is 35.1 Å². The Morgan fingerprint density at radius 3 is 2.50 bits per heavy atom. The van der Waals surface area contributed by atoms with E-state index < -0.39 is 0 Å². The van der Waals surface area contributed by atoms with E-state index in [1.54, 1.807) is 0 Å². The molecule has 3 heterocycles. The molecule has 3 aromatic rings. The van der Waals surface area contributed by atoms with Crippen molar-refractivity contribution in [2.24, 2.45) is 0 Å². The van der Waals surface area contributed by atoms with Gasteiger partial charge in [0.1, 0.15) is 11.5 Å². The topological polar surface area (TPSA) is 66.3 Å². The second-order valence-electron chi connectivity index (χ2n) is 6.47. The molecule has 1 aromatic carbocycles. The largest absolute Gasteiger partial charge is 0.365 e. The van der Waals surface area contributed by atoms with Crippen LogP contribution in [0.5, 0.6) is 0 Å². The van der Waals surface area contributed by atoms with E-state index in [-0.39, 0.29) is 5.56 Å². The molecule has 0 bridgehead atoms. The molecule has 0 saturated carbocycles. The minimum atomic E-state index is -0.0590. The van der Waals surface area contributed by atoms with Gasteiger partial charge in [-0.2, -0.15) is 9.50 Å². The predicted octanol–water partition coefficient (Wildman–Crippen LogP) is 2.42. The molecule has 24 heavy (non-hydrogen) atoms. The molecule has 0 atom stereocenters. The third-order valence-electron chi connectivity index (χ3n) is 4.84. The Morgan fingerprint density at radius 1 is 1.08 bits per heavy atom. The number of nitrogens with one attached hydrogen (secondary N) is 1. The summed E-state index contributed by atoms with van der Waals surface area (Å²) in [6.07, 6.45) is 2.10. The van der Waals surface area contributed by atoms with Gasteiger partial charge in [0.25, 0.3) is 11.3 Å². The number of fused-ring (bicyclic) bond motifs is 1. The van der Waals surface area contributed by atoms with Crippen molar-refractivity contribution in [3.8, 4) is 0 Å². The summed E-state index contributed by atoms with van der Waals surface area (Å²) in [5.74, 6) is 1.70. The summed E-state index contributed by atoms with van der Waals surface area (Å²) in [6, 6.07) is 10.6.